The number of nitrogens with zero attached hydrogens (tertiary/aromatic N) is 2. The van der Waals surface area contributed by atoms with Crippen molar-refractivity contribution in [2.45, 2.75) is 32.2 Å². The Morgan fingerprint density at radius 2 is 2.00 bits per heavy atom. The van der Waals surface area contributed by atoms with Crippen molar-refractivity contribution >= 4 is 23.5 Å². The average Bonchev–Trinajstić information content (AvgIpc) is 3.14. The molecule has 0 radical (unpaired) electrons. The number of aliphatic carboxylic acids is 1. The highest BCUT2D eigenvalue weighted by Crippen LogP contribution is 2.30. The van der Waals surface area contributed by atoms with E-state index in [1.807, 2.05) is 31.2 Å². The number of amides is 2. The summed E-state index contributed by atoms with van der Waals surface area (Å²) >= 11 is 0. The number of likely N-dealkylation sites (tertiary alicyclic amines) is 1. The number of aryl methyl sites for hydroxylation is 1. The Labute approximate surface area is 134 Å². The summed E-state index contributed by atoms with van der Waals surface area (Å²) in [5.41, 5.74) is 1.81. The highest BCUT2D eigenvalue weighted by molar-refractivity contribution is 6.01. The number of carbonyl (C=O) groups is 3. The fourth-order valence-electron chi connectivity index (χ4n) is 3.49. The molecule has 1 aromatic carbocycles. The Morgan fingerprint density at radius 1 is 1.26 bits per heavy atom. The first-order valence-electron chi connectivity index (χ1n) is 7.88. The van der Waals surface area contributed by atoms with Crippen molar-refractivity contribution < 1.29 is 19.5 Å². The van der Waals surface area contributed by atoms with E-state index in [2.05, 4.69) is 0 Å². The average molecular weight is 316 g/mol. The lowest BCUT2D eigenvalue weighted by atomic mass is 10.1. The number of anilines is 1. The molecule has 2 amide bonds. The van der Waals surface area contributed by atoms with Gasteiger partial charge in [-0.15, -0.1) is 0 Å². The molecule has 23 heavy (non-hydrogen) atoms. The fraction of sp³-hybridized carbons (Fsp3) is 0.471. The van der Waals surface area contributed by atoms with Crippen LogP contribution in [0, 0.1) is 12.8 Å². The first-order chi connectivity index (χ1) is 11.0. The van der Waals surface area contributed by atoms with Gasteiger partial charge in [0.2, 0.25) is 11.8 Å². The van der Waals surface area contributed by atoms with Crippen molar-refractivity contribution in [1.82, 2.24) is 4.90 Å². The topological polar surface area (TPSA) is 77.9 Å². The van der Waals surface area contributed by atoms with Crippen LogP contribution in [0.1, 0.15) is 24.8 Å². The van der Waals surface area contributed by atoms with Crippen molar-refractivity contribution in [3.63, 3.8) is 0 Å². The highest BCUT2D eigenvalue weighted by Gasteiger charge is 2.42. The van der Waals surface area contributed by atoms with Gasteiger partial charge in [0.25, 0.3) is 0 Å². The third-order valence-corrected chi connectivity index (χ3v) is 4.70. The Balaban J connectivity index is 1.76. The van der Waals surface area contributed by atoms with Gasteiger partial charge in [0.05, 0.1) is 5.92 Å². The smallest absolute Gasteiger partial charge is 0.326 e. The Bertz CT molecular complexity index is 658. The Kier molecular flexibility index (Phi) is 4.07. The van der Waals surface area contributed by atoms with E-state index in [0.29, 0.717) is 25.9 Å². The zero-order valence-electron chi connectivity index (χ0n) is 13.1. The maximum Gasteiger partial charge on any atom is 0.326 e. The molecule has 2 fully saturated rings. The number of carbonyl (C=O) groups excluding carboxylic acids is 2. The summed E-state index contributed by atoms with van der Waals surface area (Å²) in [6, 6.07) is 6.83. The maximum absolute atomic E-state index is 12.7. The summed E-state index contributed by atoms with van der Waals surface area (Å²) in [7, 11) is 0. The second kappa shape index (κ2) is 6.02. The van der Waals surface area contributed by atoms with E-state index in [9.17, 15) is 19.5 Å². The number of hydrogen-bond acceptors (Lipinski definition) is 3. The normalized spacial score (nSPS) is 24.3. The number of carboxylic acid groups (broad SMARTS) is 1. The molecule has 1 aromatic rings. The SMILES string of the molecule is Cc1ccccc1N1CC(C(=O)N2CCCC2C(=O)O)CC1=O. The van der Waals surface area contributed by atoms with E-state index < -0.39 is 17.9 Å². The lowest BCUT2D eigenvalue weighted by Crippen LogP contribution is -2.44. The molecule has 1 N–H and O–H groups in total. The number of rotatable bonds is 3. The first-order valence-corrected chi connectivity index (χ1v) is 7.88. The summed E-state index contributed by atoms with van der Waals surface area (Å²) in [4.78, 5) is 39.3. The van der Waals surface area contributed by atoms with Crippen LogP contribution in [0.3, 0.4) is 0 Å². The monoisotopic (exact) mass is 316 g/mol. The van der Waals surface area contributed by atoms with Crippen LogP contribution in [-0.4, -0.2) is 46.9 Å². The molecule has 2 unspecified atom stereocenters. The van der Waals surface area contributed by atoms with Gasteiger partial charge in [-0.25, -0.2) is 4.79 Å². The highest BCUT2D eigenvalue weighted by atomic mass is 16.4. The van der Waals surface area contributed by atoms with Crippen molar-refractivity contribution in [2.75, 3.05) is 18.0 Å². The molecule has 6 heteroatoms. The van der Waals surface area contributed by atoms with Crippen molar-refractivity contribution in [1.29, 1.82) is 0 Å². The van der Waals surface area contributed by atoms with Gasteiger partial charge >= 0.3 is 5.97 Å². The van der Waals surface area contributed by atoms with Crippen molar-refractivity contribution in [3.05, 3.63) is 29.8 Å². The molecule has 0 spiro atoms. The van der Waals surface area contributed by atoms with Gasteiger partial charge in [0.15, 0.2) is 0 Å². The third-order valence-electron chi connectivity index (χ3n) is 4.70. The molecule has 0 aromatic heterocycles. The third kappa shape index (κ3) is 2.81. The Morgan fingerprint density at radius 3 is 2.70 bits per heavy atom. The molecule has 2 saturated heterocycles. The van der Waals surface area contributed by atoms with Crippen LogP contribution < -0.4 is 4.90 Å². The van der Waals surface area contributed by atoms with E-state index in [1.54, 1.807) is 4.90 Å². The fourth-order valence-corrected chi connectivity index (χ4v) is 3.49. The lowest BCUT2D eigenvalue weighted by Gasteiger charge is -2.25. The van der Waals surface area contributed by atoms with E-state index >= 15 is 0 Å². The standard InChI is InChI=1S/C17H20N2O4/c1-11-5-2-3-6-13(11)19-10-12(9-15(19)20)16(21)18-8-4-7-14(18)17(22)23/h2-3,5-6,12,14H,4,7-10H2,1H3,(H,22,23). The number of benzene rings is 1. The Hall–Kier alpha value is -2.37. The molecule has 2 aliphatic heterocycles. The van der Waals surface area contributed by atoms with Crippen LogP contribution in [0.15, 0.2) is 24.3 Å². The van der Waals surface area contributed by atoms with Gasteiger partial charge in [-0.1, -0.05) is 18.2 Å². The van der Waals surface area contributed by atoms with Crippen LogP contribution in [-0.2, 0) is 14.4 Å². The number of para-hydroxylation sites is 1. The molecule has 3 rings (SSSR count). The minimum atomic E-state index is -0.962. The van der Waals surface area contributed by atoms with E-state index in [0.717, 1.165) is 11.3 Å². The number of carboxylic acids is 1. The predicted molar refractivity (Wildman–Crippen MR) is 84.0 cm³/mol. The van der Waals surface area contributed by atoms with Gasteiger partial charge < -0.3 is 14.9 Å². The maximum atomic E-state index is 12.7. The van der Waals surface area contributed by atoms with Crippen LogP contribution in [0.4, 0.5) is 5.69 Å². The number of hydrogen-bond donors (Lipinski definition) is 1. The molecule has 2 heterocycles. The zero-order valence-corrected chi connectivity index (χ0v) is 13.1. The van der Waals surface area contributed by atoms with Gasteiger partial charge in [0.1, 0.15) is 6.04 Å². The summed E-state index contributed by atoms with van der Waals surface area (Å²) in [5.74, 6) is -1.71. The van der Waals surface area contributed by atoms with Crippen LogP contribution in [0.25, 0.3) is 0 Å². The lowest BCUT2D eigenvalue weighted by molar-refractivity contribution is -0.149. The summed E-state index contributed by atoms with van der Waals surface area (Å²) in [6.45, 7) is 2.72. The summed E-state index contributed by atoms with van der Waals surface area (Å²) < 4.78 is 0. The minimum absolute atomic E-state index is 0.0799. The molecule has 2 atom stereocenters. The van der Waals surface area contributed by atoms with E-state index in [1.165, 1.54) is 4.90 Å². The van der Waals surface area contributed by atoms with Crippen molar-refractivity contribution in [2.24, 2.45) is 5.92 Å². The van der Waals surface area contributed by atoms with Gasteiger partial charge in [-0.05, 0) is 31.4 Å². The van der Waals surface area contributed by atoms with E-state index in [4.69, 9.17) is 0 Å². The molecule has 2 aliphatic rings. The molecule has 122 valence electrons. The molecular weight excluding hydrogens is 296 g/mol. The van der Waals surface area contributed by atoms with Crippen molar-refractivity contribution in [3.8, 4) is 0 Å². The van der Waals surface area contributed by atoms with Crippen LogP contribution in [0.2, 0.25) is 0 Å². The van der Waals surface area contributed by atoms with Gasteiger partial charge in [-0.3, -0.25) is 9.59 Å². The summed E-state index contributed by atoms with van der Waals surface area (Å²) in [5, 5.41) is 9.22. The van der Waals surface area contributed by atoms with E-state index in [-0.39, 0.29) is 18.2 Å². The molecule has 0 aliphatic carbocycles. The zero-order chi connectivity index (χ0) is 16.6. The van der Waals surface area contributed by atoms with Crippen LogP contribution in [0.5, 0.6) is 0 Å². The quantitative estimate of drug-likeness (QED) is 0.915. The second-order valence-electron chi connectivity index (χ2n) is 6.22. The first kappa shape index (κ1) is 15.5. The molecule has 0 bridgehead atoms. The largest absolute Gasteiger partial charge is 0.480 e. The molecular formula is C17H20N2O4. The summed E-state index contributed by atoms with van der Waals surface area (Å²) in [6.07, 6.45) is 1.34. The minimum Gasteiger partial charge on any atom is -0.480 e. The molecule has 6 nitrogen and oxygen atoms in total. The van der Waals surface area contributed by atoms with Gasteiger partial charge in [-0.2, -0.15) is 0 Å². The predicted octanol–water partition coefficient (Wildman–Crippen LogP) is 1.42. The van der Waals surface area contributed by atoms with Crippen LogP contribution >= 0.6 is 0 Å². The van der Waals surface area contributed by atoms with Gasteiger partial charge in [0, 0.05) is 25.2 Å². The second-order valence-corrected chi connectivity index (χ2v) is 6.22. The molecule has 0 saturated carbocycles.